The van der Waals surface area contributed by atoms with Crippen LogP contribution >= 0.6 is 0 Å². The number of esters is 1. The molecule has 1 aliphatic heterocycles. The number of ether oxygens (including phenoxy) is 1. The molecule has 3 unspecified atom stereocenters. The van der Waals surface area contributed by atoms with Gasteiger partial charge < -0.3 is 4.74 Å². The summed E-state index contributed by atoms with van der Waals surface area (Å²) >= 11 is 0. The lowest BCUT2D eigenvalue weighted by molar-refractivity contribution is -0.148. The van der Waals surface area contributed by atoms with Crippen molar-refractivity contribution in [3.63, 3.8) is 0 Å². The van der Waals surface area contributed by atoms with Crippen molar-refractivity contribution in [1.82, 2.24) is 0 Å². The van der Waals surface area contributed by atoms with Crippen molar-refractivity contribution in [2.75, 3.05) is 0 Å². The van der Waals surface area contributed by atoms with E-state index in [-0.39, 0.29) is 23.4 Å². The summed E-state index contributed by atoms with van der Waals surface area (Å²) in [6.07, 6.45) is 2.22. The number of hydrogen-bond donors (Lipinski definition) is 0. The Morgan fingerprint density at radius 2 is 1.75 bits per heavy atom. The van der Waals surface area contributed by atoms with Gasteiger partial charge in [0, 0.05) is 0 Å². The second kappa shape index (κ2) is 3.75. The number of rotatable bonds is 2. The summed E-state index contributed by atoms with van der Waals surface area (Å²) in [5.74, 6) is 1.87. The van der Waals surface area contributed by atoms with Crippen molar-refractivity contribution in [3.8, 4) is 0 Å². The first kappa shape index (κ1) is 11.9. The van der Waals surface area contributed by atoms with Crippen LogP contribution in [0.15, 0.2) is 0 Å². The predicted molar refractivity (Wildman–Crippen MR) is 63.9 cm³/mol. The summed E-state index contributed by atoms with van der Waals surface area (Å²) in [4.78, 5) is 12.0. The first-order chi connectivity index (χ1) is 7.40. The molecule has 92 valence electrons. The fourth-order valence-corrected chi connectivity index (χ4v) is 4.76. The molecule has 2 nitrogen and oxygen atoms in total. The zero-order valence-corrected chi connectivity index (χ0v) is 11.1. The predicted octanol–water partition coefficient (Wildman–Crippen LogP) is 3.26. The number of carbonyl (C=O) groups is 1. The minimum absolute atomic E-state index is 0.0664. The van der Waals surface area contributed by atoms with E-state index in [0.29, 0.717) is 17.8 Å². The summed E-state index contributed by atoms with van der Waals surface area (Å²) in [5, 5.41) is 0. The fourth-order valence-electron chi connectivity index (χ4n) is 4.76. The molecule has 2 rings (SSSR count). The lowest BCUT2D eigenvalue weighted by Gasteiger charge is -2.51. The Labute approximate surface area is 98.7 Å². The van der Waals surface area contributed by atoms with Crippen molar-refractivity contribution in [2.45, 2.75) is 53.6 Å². The third kappa shape index (κ3) is 1.34. The second-order valence-corrected chi connectivity index (χ2v) is 6.29. The van der Waals surface area contributed by atoms with Gasteiger partial charge in [0.15, 0.2) is 0 Å². The van der Waals surface area contributed by atoms with E-state index >= 15 is 0 Å². The maximum Gasteiger partial charge on any atom is 0.309 e. The fraction of sp³-hybridized carbons (Fsp3) is 0.929. The lowest BCUT2D eigenvalue weighted by Crippen LogP contribution is -2.49. The Kier molecular flexibility index (Phi) is 2.80. The summed E-state index contributed by atoms with van der Waals surface area (Å²) in [5.41, 5.74) is 0.143. The smallest absolute Gasteiger partial charge is 0.309 e. The Balaban J connectivity index is 2.45. The molecule has 0 N–H and O–H groups in total. The quantitative estimate of drug-likeness (QED) is 0.673. The highest BCUT2D eigenvalue weighted by molar-refractivity contribution is 5.76. The van der Waals surface area contributed by atoms with Crippen LogP contribution in [0.25, 0.3) is 0 Å². The summed E-state index contributed by atoms with van der Waals surface area (Å²) in [7, 11) is 0. The van der Waals surface area contributed by atoms with E-state index < -0.39 is 0 Å². The van der Waals surface area contributed by atoms with E-state index in [9.17, 15) is 4.79 Å². The molecule has 2 bridgehead atoms. The van der Waals surface area contributed by atoms with E-state index in [2.05, 4.69) is 34.6 Å². The second-order valence-electron chi connectivity index (χ2n) is 6.29. The third-order valence-corrected chi connectivity index (χ3v) is 5.14. The Morgan fingerprint density at radius 1 is 1.19 bits per heavy atom. The molecule has 3 atom stereocenters. The zero-order valence-electron chi connectivity index (χ0n) is 11.1. The van der Waals surface area contributed by atoms with Crippen LogP contribution in [0.1, 0.15) is 47.5 Å². The Hall–Kier alpha value is -0.530. The zero-order chi connectivity index (χ0) is 12.1. The van der Waals surface area contributed by atoms with E-state index in [1.165, 1.54) is 0 Å². The first-order valence-corrected chi connectivity index (χ1v) is 6.61. The summed E-state index contributed by atoms with van der Waals surface area (Å²) in [6.45, 7) is 11.4. The van der Waals surface area contributed by atoms with Crippen LogP contribution < -0.4 is 0 Å². The minimum Gasteiger partial charge on any atom is -0.462 e. The molecule has 0 aromatic heterocycles. The molecular formula is C14H24O2. The van der Waals surface area contributed by atoms with Crippen LogP contribution in [0.4, 0.5) is 0 Å². The number of carbonyl (C=O) groups excluding carboxylic acids is 1. The highest BCUT2D eigenvalue weighted by Gasteiger charge is 2.59. The number of fused-ring (bicyclic) bond motifs is 2. The van der Waals surface area contributed by atoms with Crippen LogP contribution in [-0.2, 0) is 9.53 Å². The minimum atomic E-state index is 0.0664. The van der Waals surface area contributed by atoms with Crippen molar-refractivity contribution in [3.05, 3.63) is 0 Å². The van der Waals surface area contributed by atoms with Crippen molar-refractivity contribution in [2.24, 2.45) is 29.1 Å². The first-order valence-electron chi connectivity index (χ1n) is 6.61. The molecule has 0 aromatic rings. The molecule has 1 aliphatic carbocycles. The lowest BCUT2D eigenvalue weighted by atomic mass is 9.51. The average molecular weight is 224 g/mol. The maximum atomic E-state index is 12.0. The number of hydrogen-bond acceptors (Lipinski definition) is 2. The van der Waals surface area contributed by atoms with E-state index in [4.69, 9.17) is 4.74 Å². The molecule has 2 heteroatoms. The van der Waals surface area contributed by atoms with Gasteiger partial charge in [-0.3, -0.25) is 4.79 Å². The molecule has 1 saturated heterocycles. The highest BCUT2D eigenvalue weighted by atomic mass is 16.6. The summed E-state index contributed by atoms with van der Waals surface area (Å²) < 4.78 is 5.47. The molecule has 2 aliphatic rings. The maximum absolute atomic E-state index is 12.0. The van der Waals surface area contributed by atoms with E-state index in [1.54, 1.807) is 0 Å². The molecule has 0 spiro atoms. The van der Waals surface area contributed by atoms with Gasteiger partial charge in [0.25, 0.3) is 0 Å². The normalized spacial score (nSPS) is 36.9. The molecule has 1 saturated carbocycles. The van der Waals surface area contributed by atoms with E-state index in [1.807, 2.05) is 0 Å². The molecule has 0 amide bonds. The Morgan fingerprint density at radius 3 is 2.25 bits per heavy atom. The van der Waals surface area contributed by atoms with Gasteiger partial charge in [-0.1, -0.05) is 34.6 Å². The molecule has 2 fully saturated rings. The van der Waals surface area contributed by atoms with Crippen LogP contribution in [0.2, 0.25) is 0 Å². The molecular weight excluding hydrogens is 200 g/mol. The van der Waals surface area contributed by atoms with Crippen LogP contribution in [0.5, 0.6) is 0 Å². The van der Waals surface area contributed by atoms with Crippen LogP contribution in [0, 0.1) is 29.1 Å². The van der Waals surface area contributed by atoms with Gasteiger partial charge in [-0.2, -0.15) is 0 Å². The van der Waals surface area contributed by atoms with Crippen molar-refractivity contribution in [1.29, 1.82) is 0 Å². The average Bonchev–Trinajstić information content (AvgIpc) is 2.43. The molecule has 1 heterocycles. The standard InChI is InChI=1S/C14H24O2/c1-8(2)14(9(3)4)10(5)6-11-7-12(14)13(15)16-11/h8-12H,6-7H2,1-5H3. The Bertz CT molecular complexity index is 285. The van der Waals surface area contributed by atoms with Gasteiger partial charge in [0.2, 0.25) is 0 Å². The SMILES string of the molecule is CC(C)C1(C(C)C)C(C)CC2CC1C(=O)O2. The van der Waals surface area contributed by atoms with Gasteiger partial charge in [-0.25, -0.2) is 0 Å². The topological polar surface area (TPSA) is 26.3 Å². The largest absolute Gasteiger partial charge is 0.462 e. The van der Waals surface area contributed by atoms with Gasteiger partial charge in [0.1, 0.15) is 6.10 Å². The van der Waals surface area contributed by atoms with E-state index in [0.717, 1.165) is 12.8 Å². The highest BCUT2D eigenvalue weighted by Crippen LogP contribution is 2.58. The van der Waals surface area contributed by atoms with Gasteiger partial charge in [-0.15, -0.1) is 0 Å². The van der Waals surface area contributed by atoms with Gasteiger partial charge >= 0.3 is 5.97 Å². The van der Waals surface area contributed by atoms with Gasteiger partial charge in [-0.05, 0) is 36.0 Å². The van der Waals surface area contributed by atoms with Crippen molar-refractivity contribution < 1.29 is 9.53 Å². The van der Waals surface area contributed by atoms with Crippen molar-refractivity contribution >= 4 is 5.97 Å². The third-order valence-electron chi connectivity index (χ3n) is 5.14. The monoisotopic (exact) mass is 224 g/mol. The van der Waals surface area contributed by atoms with Gasteiger partial charge in [0.05, 0.1) is 5.92 Å². The van der Waals surface area contributed by atoms with Crippen LogP contribution in [0.3, 0.4) is 0 Å². The van der Waals surface area contributed by atoms with Crippen LogP contribution in [-0.4, -0.2) is 12.1 Å². The molecule has 16 heavy (non-hydrogen) atoms. The molecule has 0 aromatic carbocycles. The summed E-state index contributed by atoms with van der Waals surface area (Å²) in [6, 6.07) is 0. The molecule has 0 radical (unpaired) electrons.